The predicted octanol–water partition coefficient (Wildman–Crippen LogP) is 5.44. The summed E-state index contributed by atoms with van der Waals surface area (Å²) in [6.45, 7) is 12.0. The van der Waals surface area contributed by atoms with Gasteiger partial charge in [-0.2, -0.15) is 0 Å². The molecule has 0 bridgehead atoms. The number of benzene rings is 2. The van der Waals surface area contributed by atoms with Crippen LogP contribution in [0.15, 0.2) is 59.5 Å². The molecule has 3 aromatic rings. The lowest BCUT2D eigenvalue weighted by molar-refractivity contribution is 0.102. The van der Waals surface area contributed by atoms with Crippen LogP contribution in [0.2, 0.25) is 0 Å². The minimum absolute atomic E-state index is 0.0128. The second kappa shape index (κ2) is 10.2. The highest BCUT2D eigenvalue weighted by molar-refractivity contribution is 6.05. The first-order valence-corrected chi connectivity index (χ1v) is 11.7. The number of carbonyl (C=O) groups excluding carboxylic acids is 2. The number of aryl methyl sites for hydroxylation is 1. The summed E-state index contributed by atoms with van der Waals surface area (Å²) in [6, 6.07) is 14.4. The normalized spacial score (nSPS) is 11.3. The third kappa shape index (κ3) is 6.18. The molecule has 3 rings (SSSR count). The number of urea groups is 1. The molecule has 3 N–H and O–H groups in total. The SMILES string of the molecule is Cc1c(NC(=O)c2ccc(C(C)(C)C)cc2)cccc1-c1cc(NC(=O)NC(C)C)c(=O)n(C)c1. The lowest BCUT2D eigenvalue weighted by Crippen LogP contribution is -2.36. The molecule has 0 unspecified atom stereocenters. The average Bonchev–Trinajstić information content (AvgIpc) is 2.77. The lowest BCUT2D eigenvalue weighted by Gasteiger charge is -2.19. The molecular formula is C28H34N4O3. The molecule has 0 atom stereocenters. The van der Waals surface area contributed by atoms with Crippen molar-refractivity contribution < 1.29 is 9.59 Å². The third-order valence-corrected chi connectivity index (χ3v) is 5.76. The van der Waals surface area contributed by atoms with Gasteiger partial charge >= 0.3 is 6.03 Å². The number of amides is 3. The first kappa shape index (κ1) is 25.7. The van der Waals surface area contributed by atoms with Gasteiger partial charge in [0.1, 0.15) is 5.69 Å². The number of aromatic nitrogens is 1. The van der Waals surface area contributed by atoms with Crippen LogP contribution in [0.3, 0.4) is 0 Å². The molecule has 0 radical (unpaired) electrons. The number of rotatable bonds is 5. The van der Waals surface area contributed by atoms with Crippen molar-refractivity contribution >= 4 is 23.3 Å². The number of hydrogen-bond donors (Lipinski definition) is 3. The molecule has 7 heteroatoms. The Labute approximate surface area is 206 Å². The van der Waals surface area contributed by atoms with E-state index in [0.717, 1.165) is 22.3 Å². The van der Waals surface area contributed by atoms with Gasteiger partial charge in [-0.3, -0.25) is 9.59 Å². The van der Waals surface area contributed by atoms with Crippen LogP contribution in [-0.2, 0) is 12.5 Å². The van der Waals surface area contributed by atoms with Crippen LogP contribution in [0, 0.1) is 6.92 Å². The maximum Gasteiger partial charge on any atom is 0.319 e. The van der Waals surface area contributed by atoms with Gasteiger partial charge in [-0.1, -0.05) is 45.0 Å². The summed E-state index contributed by atoms with van der Waals surface area (Å²) < 4.78 is 1.43. The summed E-state index contributed by atoms with van der Waals surface area (Å²) in [5.74, 6) is -0.195. The van der Waals surface area contributed by atoms with Gasteiger partial charge in [0.2, 0.25) is 0 Å². The Balaban J connectivity index is 1.90. The Hall–Kier alpha value is -3.87. The highest BCUT2D eigenvalue weighted by Crippen LogP contribution is 2.30. The molecule has 0 fully saturated rings. The molecule has 0 saturated heterocycles. The van der Waals surface area contributed by atoms with Gasteiger partial charge in [-0.05, 0) is 67.1 Å². The molecule has 1 heterocycles. The van der Waals surface area contributed by atoms with E-state index in [-0.39, 0.29) is 28.6 Å². The van der Waals surface area contributed by atoms with Crippen LogP contribution in [0.1, 0.15) is 56.1 Å². The van der Waals surface area contributed by atoms with E-state index in [1.165, 1.54) is 4.57 Å². The van der Waals surface area contributed by atoms with Crippen molar-refractivity contribution in [3.05, 3.63) is 81.8 Å². The van der Waals surface area contributed by atoms with Crippen molar-refractivity contribution in [1.82, 2.24) is 9.88 Å². The lowest BCUT2D eigenvalue weighted by atomic mass is 9.86. The Morgan fingerprint density at radius 2 is 1.60 bits per heavy atom. The molecular weight excluding hydrogens is 440 g/mol. The van der Waals surface area contributed by atoms with Crippen molar-refractivity contribution in [2.45, 2.75) is 53.0 Å². The summed E-state index contributed by atoms with van der Waals surface area (Å²) >= 11 is 0. The molecule has 35 heavy (non-hydrogen) atoms. The minimum Gasteiger partial charge on any atom is -0.336 e. The standard InChI is InChI=1S/C28H34N4O3/c1-17(2)29-27(35)31-24-15-20(16-32(7)26(24)34)22-9-8-10-23(18(22)3)30-25(33)19-11-13-21(14-12-19)28(4,5)6/h8-17H,1-7H3,(H,30,33)(H2,29,31,35). The monoisotopic (exact) mass is 474 g/mol. The zero-order valence-electron chi connectivity index (χ0n) is 21.4. The fourth-order valence-corrected chi connectivity index (χ4v) is 3.77. The predicted molar refractivity (Wildman–Crippen MR) is 142 cm³/mol. The number of pyridine rings is 1. The quantitative estimate of drug-likeness (QED) is 0.460. The van der Waals surface area contributed by atoms with E-state index in [1.807, 2.05) is 63.2 Å². The van der Waals surface area contributed by atoms with Crippen molar-refractivity contribution in [2.24, 2.45) is 7.05 Å². The van der Waals surface area contributed by atoms with Gasteiger partial charge in [-0.25, -0.2) is 4.79 Å². The fourth-order valence-electron chi connectivity index (χ4n) is 3.77. The van der Waals surface area contributed by atoms with E-state index < -0.39 is 6.03 Å². The number of anilines is 2. The zero-order valence-corrected chi connectivity index (χ0v) is 21.4. The van der Waals surface area contributed by atoms with Crippen LogP contribution in [0.5, 0.6) is 0 Å². The molecule has 0 saturated carbocycles. The van der Waals surface area contributed by atoms with E-state index >= 15 is 0 Å². The van der Waals surface area contributed by atoms with Crippen LogP contribution in [-0.4, -0.2) is 22.5 Å². The molecule has 2 aromatic carbocycles. The molecule has 0 aliphatic heterocycles. The van der Waals surface area contributed by atoms with Gasteiger partial charge in [-0.15, -0.1) is 0 Å². The summed E-state index contributed by atoms with van der Waals surface area (Å²) in [5.41, 5.74) is 4.73. The molecule has 1 aromatic heterocycles. The number of nitrogens with one attached hydrogen (secondary N) is 3. The molecule has 184 valence electrons. The van der Waals surface area contributed by atoms with Crippen LogP contribution < -0.4 is 21.5 Å². The Kier molecular flexibility index (Phi) is 7.48. The van der Waals surface area contributed by atoms with Crippen LogP contribution >= 0.6 is 0 Å². The molecule has 0 aliphatic rings. The van der Waals surface area contributed by atoms with E-state index in [1.54, 1.807) is 19.3 Å². The second-order valence-corrected chi connectivity index (χ2v) is 10.1. The van der Waals surface area contributed by atoms with Crippen molar-refractivity contribution in [1.29, 1.82) is 0 Å². The Morgan fingerprint density at radius 1 is 0.943 bits per heavy atom. The number of hydrogen-bond acceptors (Lipinski definition) is 3. The topological polar surface area (TPSA) is 92.2 Å². The van der Waals surface area contributed by atoms with Gasteiger partial charge in [0.25, 0.3) is 11.5 Å². The van der Waals surface area contributed by atoms with Crippen LogP contribution in [0.25, 0.3) is 11.1 Å². The van der Waals surface area contributed by atoms with Crippen molar-refractivity contribution in [3.63, 3.8) is 0 Å². The number of nitrogens with zero attached hydrogens (tertiary/aromatic N) is 1. The Bertz CT molecular complexity index is 1300. The van der Waals surface area contributed by atoms with Gasteiger partial charge < -0.3 is 20.5 Å². The third-order valence-electron chi connectivity index (χ3n) is 5.76. The van der Waals surface area contributed by atoms with Gasteiger partial charge in [0.15, 0.2) is 0 Å². The Morgan fingerprint density at radius 3 is 2.20 bits per heavy atom. The van der Waals surface area contributed by atoms with Crippen LogP contribution in [0.4, 0.5) is 16.2 Å². The number of carbonyl (C=O) groups is 2. The average molecular weight is 475 g/mol. The van der Waals surface area contributed by atoms with Crippen molar-refractivity contribution in [3.8, 4) is 11.1 Å². The van der Waals surface area contributed by atoms with E-state index in [0.29, 0.717) is 11.3 Å². The maximum atomic E-state index is 12.9. The first-order chi connectivity index (χ1) is 16.4. The highest BCUT2D eigenvalue weighted by atomic mass is 16.2. The van der Waals surface area contributed by atoms with Gasteiger partial charge in [0.05, 0.1) is 0 Å². The van der Waals surface area contributed by atoms with E-state index in [4.69, 9.17) is 0 Å². The molecule has 0 spiro atoms. The molecule has 0 aliphatic carbocycles. The second-order valence-electron chi connectivity index (χ2n) is 10.1. The summed E-state index contributed by atoms with van der Waals surface area (Å²) in [7, 11) is 1.64. The smallest absolute Gasteiger partial charge is 0.319 e. The first-order valence-electron chi connectivity index (χ1n) is 11.7. The maximum absolute atomic E-state index is 12.9. The van der Waals surface area contributed by atoms with Gasteiger partial charge in [0, 0.05) is 36.1 Å². The highest BCUT2D eigenvalue weighted by Gasteiger charge is 2.16. The van der Waals surface area contributed by atoms with E-state index in [9.17, 15) is 14.4 Å². The summed E-state index contributed by atoms with van der Waals surface area (Å²) in [6.07, 6.45) is 1.72. The van der Waals surface area contributed by atoms with Crippen molar-refractivity contribution in [2.75, 3.05) is 10.6 Å². The van der Waals surface area contributed by atoms with E-state index in [2.05, 4.69) is 36.7 Å². The fraction of sp³-hybridized carbons (Fsp3) is 0.321. The zero-order chi connectivity index (χ0) is 25.9. The largest absolute Gasteiger partial charge is 0.336 e. The minimum atomic E-state index is -0.440. The molecule has 7 nitrogen and oxygen atoms in total. The summed E-state index contributed by atoms with van der Waals surface area (Å²) in [5, 5.41) is 8.36. The molecule has 3 amide bonds. The summed E-state index contributed by atoms with van der Waals surface area (Å²) in [4.78, 5) is 37.7.